The Balaban J connectivity index is 2.02. The molecule has 0 aliphatic heterocycles. The van der Waals surface area contributed by atoms with E-state index in [1.807, 2.05) is 6.92 Å². The van der Waals surface area contributed by atoms with Gasteiger partial charge in [-0.1, -0.05) is 13.0 Å². The van der Waals surface area contributed by atoms with Gasteiger partial charge in [-0.25, -0.2) is 4.79 Å². The number of carboxylic acid groups (broad SMARTS) is 1. The molecule has 0 atom stereocenters. The van der Waals surface area contributed by atoms with E-state index in [-0.39, 0.29) is 29.7 Å². The molecule has 1 aromatic heterocycles. The number of aryl methyl sites for hydroxylation is 1. The molecule has 0 unspecified atom stereocenters. The van der Waals surface area contributed by atoms with E-state index in [1.54, 1.807) is 25.1 Å². The molecule has 2 aromatic rings. The molecule has 25 heavy (non-hydrogen) atoms. The molecule has 0 saturated heterocycles. The number of rotatable bonds is 7. The predicted octanol–water partition coefficient (Wildman–Crippen LogP) is 2.36. The molecule has 3 N–H and O–H groups in total. The first-order valence-corrected chi connectivity index (χ1v) is 7.91. The van der Waals surface area contributed by atoms with Gasteiger partial charge < -0.3 is 20.2 Å². The fraction of sp³-hybridized carbons (Fsp3) is 0.278. The van der Waals surface area contributed by atoms with Gasteiger partial charge in [0.2, 0.25) is 0 Å². The number of benzene rings is 1. The molecular weight excluding hydrogens is 324 g/mol. The number of furan rings is 1. The van der Waals surface area contributed by atoms with E-state index in [9.17, 15) is 14.4 Å². The summed E-state index contributed by atoms with van der Waals surface area (Å²) in [5.41, 5.74) is 0.813. The van der Waals surface area contributed by atoms with E-state index in [0.29, 0.717) is 23.4 Å². The Labute approximate surface area is 145 Å². The molecule has 7 heteroatoms. The number of carbonyl (C=O) groups excluding carboxylic acids is 2. The summed E-state index contributed by atoms with van der Waals surface area (Å²) < 4.78 is 5.31. The van der Waals surface area contributed by atoms with Crippen LogP contribution in [0.2, 0.25) is 0 Å². The van der Waals surface area contributed by atoms with Crippen LogP contribution in [0.4, 0.5) is 0 Å². The molecule has 0 bridgehead atoms. The lowest BCUT2D eigenvalue weighted by molar-refractivity contribution is 0.0694. The minimum absolute atomic E-state index is 0.0548. The van der Waals surface area contributed by atoms with Crippen LogP contribution in [0.1, 0.15) is 55.9 Å². The van der Waals surface area contributed by atoms with E-state index in [4.69, 9.17) is 9.52 Å². The minimum Gasteiger partial charge on any atom is -0.478 e. The highest BCUT2D eigenvalue weighted by atomic mass is 16.4. The first-order chi connectivity index (χ1) is 11.9. The van der Waals surface area contributed by atoms with Crippen LogP contribution in [0, 0.1) is 6.92 Å². The largest absolute Gasteiger partial charge is 0.478 e. The lowest BCUT2D eigenvalue weighted by atomic mass is 10.1. The quantitative estimate of drug-likeness (QED) is 0.714. The van der Waals surface area contributed by atoms with Crippen molar-refractivity contribution in [3.05, 3.63) is 58.5 Å². The third-order valence-electron chi connectivity index (χ3n) is 3.54. The highest BCUT2D eigenvalue weighted by Gasteiger charge is 2.15. The van der Waals surface area contributed by atoms with Gasteiger partial charge in [0.05, 0.1) is 6.54 Å². The van der Waals surface area contributed by atoms with E-state index in [0.717, 1.165) is 6.42 Å². The lowest BCUT2D eigenvalue weighted by Gasteiger charge is -2.07. The Kier molecular flexibility index (Phi) is 5.94. The molecule has 1 heterocycles. The maximum absolute atomic E-state index is 12.2. The van der Waals surface area contributed by atoms with Crippen LogP contribution in [-0.2, 0) is 6.54 Å². The van der Waals surface area contributed by atoms with E-state index >= 15 is 0 Å². The van der Waals surface area contributed by atoms with E-state index in [2.05, 4.69) is 10.6 Å². The molecular formula is C18H20N2O5. The number of carboxylic acids is 1. The monoisotopic (exact) mass is 344 g/mol. The molecule has 0 radical (unpaired) electrons. The van der Waals surface area contributed by atoms with Crippen LogP contribution < -0.4 is 10.6 Å². The zero-order valence-corrected chi connectivity index (χ0v) is 14.1. The molecule has 7 nitrogen and oxygen atoms in total. The molecule has 0 aliphatic carbocycles. The Morgan fingerprint density at radius 2 is 1.72 bits per heavy atom. The first-order valence-electron chi connectivity index (χ1n) is 7.91. The standard InChI is InChI=1S/C18H20N2O5/c1-3-7-19-16(21)12-5-4-6-13(8-12)17(22)20-10-14-9-15(18(23)24)11(2)25-14/h4-6,8-9H,3,7,10H2,1-2H3,(H,19,21)(H,20,22)(H,23,24). The molecule has 0 spiro atoms. The number of amides is 2. The first kappa shape index (κ1) is 18.3. The summed E-state index contributed by atoms with van der Waals surface area (Å²) in [6, 6.07) is 7.76. The fourth-order valence-corrected chi connectivity index (χ4v) is 2.25. The molecule has 2 rings (SSSR count). The third kappa shape index (κ3) is 4.69. The molecule has 1 aromatic carbocycles. The summed E-state index contributed by atoms with van der Waals surface area (Å²) in [6.45, 7) is 4.13. The molecule has 0 saturated carbocycles. The van der Waals surface area contributed by atoms with Gasteiger partial charge in [0.15, 0.2) is 0 Å². The number of hydrogen-bond donors (Lipinski definition) is 3. The smallest absolute Gasteiger partial charge is 0.339 e. The Bertz CT molecular complexity index is 795. The normalized spacial score (nSPS) is 10.3. The summed E-state index contributed by atoms with van der Waals surface area (Å²) in [5.74, 6) is -1.06. The maximum atomic E-state index is 12.2. The van der Waals surface area contributed by atoms with Gasteiger partial charge in [-0.15, -0.1) is 0 Å². The van der Waals surface area contributed by atoms with Gasteiger partial charge in [0.25, 0.3) is 11.8 Å². The summed E-state index contributed by atoms with van der Waals surface area (Å²) in [6.07, 6.45) is 0.826. The number of carbonyl (C=O) groups is 3. The van der Waals surface area contributed by atoms with Gasteiger partial charge in [-0.3, -0.25) is 9.59 Å². The van der Waals surface area contributed by atoms with Crippen molar-refractivity contribution < 1.29 is 23.9 Å². The van der Waals surface area contributed by atoms with Crippen LogP contribution in [0.25, 0.3) is 0 Å². The molecule has 2 amide bonds. The van der Waals surface area contributed by atoms with Crippen molar-refractivity contribution in [1.29, 1.82) is 0 Å². The van der Waals surface area contributed by atoms with Crippen molar-refractivity contribution in [1.82, 2.24) is 10.6 Å². The second kappa shape index (κ2) is 8.14. The van der Waals surface area contributed by atoms with Gasteiger partial charge in [0, 0.05) is 17.7 Å². The lowest BCUT2D eigenvalue weighted by Crippen LogP contribution is -2.25. The summed E-state index contributed by atoms with van der Waals surface area (Å²) in [4.78, 5) is 35.2. The molecule has 0 aliphatic rings. The summed E-state index contributed by atoms with van der Waals surface area (Å²) >= 11 is 0. The van der Waals surface area contributed by atoms with Crippen molar-refractivity contribution in [2.75, 3.05) is 6.54 Å². The molecule has 132 valence electrons. The Morgan fingerprint density at radius 1 is 1.08 bits per heavy atom. The Hall–Kier alpha value is -3.09. The number of nitrogens with one attached hydrogen (secondary N) is 2. The number of aromatic carboxylic acids is 1. The minimum atomic E-state index is -1.08. The zero-order chi connectivity index (χ0) is 18.4. The van der Waals surface area contributed by atoms with Gasteiger partial charge in [-0.2, -0.15) is 0 Å². The van der Waals surface area contributed by atoms with E-state index < -0.39 is 5.97 Å². The number of hydrogen-bond acceptors (Lipinski definition) is 4. The zero-order valence-electron chi connectivity index (χ0n) is 14.1. The van der Waals surface area contributed by atoms with Gasteiger partial charge in [-0.05, 0) is 37.6 Å². The van der Waals surface area contributed by atoms with Gasteiger partial charge >= 0.3 is 5.97 Å². The SMILES string of the molecule is CCCNC(=O)c1cccc(C(=O)NCc2cc(C(=O)O)c(C)o2)c1. The van der Waals surface area contributed by atoms with Gasteiger partial charge in [0.1, 0.15) is 17.1 Å². The second-order valence-corrected chi connectivity index (χ2v) is 5.51. The van der Waals surface area contributed by atoms with Crippen LogP contribution in [-0.4, -0.2) is 29.4 Å². The highest BCUT2D eigenvalue weighted by Crippen LogP contribution is 2.14. The maximum Gasteiger partial charge on any atom is 0.339 e. The van der Waals surface area contributed by atoms with Crippen molar-refractivity contribution in [2.24, 2.45) is 0 Å². The fourth-order valence-electron chi connectivity index (χ4n) is 2.25. The predicted molar refractivity (Wildman–Crippen MR) is 90.6 cm³/mol. The van der Waals surface area contributed by atoms with Crippen molar-refractivity contribution in [3.8, 4) is 0 Å². The topological polar surface area (TPSA) is 109 Å². The van der Waals surface area contributed by atoms with Crippen LogP contribution in [0.3, 0.4) is 0 Å². The van der Waals surface area contributed by atoms with Crippen LogP contribution in [0.5, 0.6) is 0 Å². The second-order valence-electron chi connectivity index (χ2n) is 5.51. The van der Waals surface area contributed by atoms with Crippen molar-refractivity contribution in [3.63, 3.8) is 0 Å². The Morgan fingerprint density at radius 3 is 2.28 bits per heavy atom. The van der Waals surface area contributed by atoms with E-state index in [1.165, 1.54) is 12.1 Å². The summed E-state index contributed by atoms with van der Waals surface area (Å²) in [5, 5.41) is 14.4. The van der Waals surface area contributed by atoms with Crippen molar-refractivity contribution in [2.45, 2.75) is 26.8 Å². The van der Waals surface area contributed by atoms with Crippen LogP contribution in [0.15, 0.2) is 34.7 Å². The average Bonchev–Trinajstić information content (AvgIpc) is 2.98. The van der Waals surface area contributed by atoms with Crippen molar-refractivity contribution >= 4 is 17.8 Å². The van der Waals surface area contributed by atoms with Crippen LogP contribution >= 0.6 is 0 Å². The summed E-state index contributed by atoms with van der Waals surface area (Å²) in [7, 11) is 0. The third-order valence-corrected chi connectivity index (χ3v) is 3.54. The average molecular weight is 344 g/mol. The highest BCUT2D eigenvalue weighted by molar-refractivity contribution is 5.99. The molecule has 0 fully saturated rings.